The van der Waals surface area contributed by atoms with Gasteiger partial charge in [-0.3, -0.25) is 4.79 Å². The van der Waals surface area contributed by atoms with Gasteiger partial charge in [0.1, 0.15) is 0 Å². The third-order valence-corrected chi connectivity index (χ3v) is 4.45. The van der Waals surface area contributed by atoms with Crippen LogP contribution in [0.5, 0.6) is 0 Å². The number of methoxy groups -OCH3 is 1. The molecule has 0 spiro atoms. The van der Waals surface area contributed by atoms with Gasteiger partial charge in [0.15, 0.2) is 5.78 Å². The van der Waals surface area contributed by atoms with Crippen molar-refractivity contribution in [2.45, 2.75) is 91.0 Å². The number of carbonyl (C=O) groups excluding carboxylic acids is 1. The lowest BCUT2D eigenvalue weighted by atomic mass is 9.88. The molecule has 0 aliphatic heterocycles. The van der Waals surface area contributed by atoms with Crippen LogP contribution in [0.15, 0.2) is 0 Å². The maximum Gasteiger partial charge on any atom is 0.256 e. The fourth-order valence-corrected chi connectivity index (χ4v) is 2.90. The molecule has 0 fully saturated rings. The summed E-state index contributed by atoms with van der Waals surface area (Å²) in [6.45, 7) is 6.31. The average molecular weight is 330 g/mol. The minimum Gasteiger partial charge on any atom is -0.474 e. The molecule has 0 aromatic rings. The van der Waals surface area contributed by atoms with Gasteiger partial charge in [0, 0.05) is 5.92 Å². The van der Waals surface area contributed by atoms with E-state index in [1.165, 1.54) is 45.6 Å². The van der Waals surface area contributed by atoms with Crippen LogP contribution in [0.1, 0.15) is 85.0 Å². The van der Waals surface area contributed by atoms with Gasteiger partial charge in [0.2, 0.25) is 0 Å². The molecular weight excluding hydrogens is 294 g/mol. The van der Waals surface area contributed by atoms with Crippen molar-refractivity contribution in [1.29, 1.82) is 0 Å². The monoisotopic (exact) mass is 329 g/mol. The van der Waals surface area contributed by atoms with Crippen molar-refractivity contribution in [2.24, 2.45) is 5.92 Å². The van der Waals surface area contributed by atoms with Crippen LogP contribution in [-0.2, 0) is 9.53 Å². The number of hydrogen-bond acceptors (Lipinski definition) is 3. The van der Waals surface area contributed by atoms with E-state index in [0.29, 0.717) is 5.17 Å². The van der Waals surface area contributed by atoms with E-state index in [1.807, 2.05) is 6.92 Å². The van der Waals surface area contributed by atoms with Gasteiger partial charge in [0.25, 0.3) is 5.17 Å². The van der Waals surface area contributed by atoms with E-state index in [2.05, 4.69) is 19.2 Å². The number of carbonyl (C=O) groups is 1. The first-order valence-corrected chi connectivity index (χ1v) is 9.35. The summed E-state index contributed by atoms with van der Waals surface area (Å²) in [5.41, 5.74) is 0. The molecule has 0 amide bonds. The van der Waals surface area contributed by atoms with Crippen LogP contribution < -0.4 is 5.32 Å². The number of thiocarbonyl (C=S) groups is 1. The van der Waals surface area contributed by atoms with Crippen LogP contribution in [0.25, 0.3) is 0 Å². The van der Waals surface area contributed by atoms with Crippen LogP contribution in [0, 0.1) is 5.92 Å². The number of rotatable bonds is 13. The molecule has 4 heteroatoms. The minimum absolute atomic E-state index is 0.163. The summed E-state index contributed by atoms with van der Waals surface area (Å²) in [5, 5.41) is 3.28. The van der Waals surface area contributed by atoms with E-state index < -0.39 is 0 Å². The lowest BCUT2D eigenvalue weighted by molar-refractivity contribution is -0.124. The largest absolute Gasteiger partial charge is 0.474 e. The standard InChI is InChI=1S/C18H35NO2S/c1-5-7-9-11-13-16(14-12-10-8-6-2)17(20)15(3)19-18(22)21-4/h15-16H,5-14H2,1-4H3,(H,19,22). The highest BCUT2D eigenvalue weighted by atomic mass is 32.1. The Morgan fingerprint density at radius 1 is 1.00 bits per heavy atom. The minimum atomic E-state index is -0.255. The second kappa shape index (κ2) is 14.0. The summed E-state index contributed by atoms with van der Waals surface area (Å²) in [6, 6.07) is -0.255. The average Bonchev–Trinajstić information content (AvgIpc) is 2.52. The van der Waals surface area contributed by atoms with Crippen molar-refractivity contribution in [3.63, 3.8) is 0 Å². The third kappa shape index (κ3) is 10.1. The molecule has 1 atom stereocenters. The molecular formula is C18H35NO2S. The maximum absolute atomic E-state index is 12.6. The van der Waals surface area contributed by atoms with Gasteiger partial charge in [-0.25, -0.2) is 0 Å². The van der Waals surface area contributed by atoms with E-state index in [0.717, 1.165) is 25.7 Å². The topological polar surface area (TPSA) is 38.3 Å². The van der Waals surface area contributed by atoms with Gasteiger partial charge in [0.05, 0.1) is 13.2 Å². The van der Waals surface area contributed by atoms with Crippen molar-refractivity contribution >= 4 is 23.2 Å². The molecule has 0 saturated carbocycles. The SMILES string of the molecule is CCCCCCC(CCCCCC)C(=O)C(C)NC(=S)OC. The molecule has 1 N–H and O–H groups in total. The van der Waals surface area contributed by atoms with Crippen molar-refractivity contribution in [1.82, 2.24) is 5.32 Å². The number of Topliss-reactive ketones (excluding diaryl/α,β-unsaturated/α-hetero) is 1. The van der Waals surface area contributed by atoms with Crippen molar-refractivity contribution in [3.05, 3.63) is 0 Å². The van der Waals surface area contributed by atoms with Gasteiger partial charge in [-0.15, -0.1) is 0 Å². The fraction of sp³-hybridized carbons (Fsp3) is 0.889. The number of ketones is 1. The number of unbranched alkanes of at least 4 members (excludes halogenated alkanes) is 6. The Labute approximate surface area is 142 Å². The maximum atomic E-state index is 12.6. The molecule has 0 bridgehead atoms. The predicted molar refractivity (Wildman–Crippen MR) is 98.2 cm³/mol. The van der Waals surface area contributed by atoms with Crippen molar-refractivity contribution in [3.8, 4) is 0 Å². The molecule has 0 rings (SSSR count). The van der Waals surface area contributed by atoms with Crippen LogP contribution in [0.4, 0.5) is 0 Å². The van der Waals surface area contributed by atoms with Gasteiger partial charge in [-0.1, -0.05) is 65.2 Å². The summed E-state index contributed by atoms with van der Waals surface area (Å²) in [4.78, 5) is 12.6. The van der Waals surface area contributed by atoms with Crippen LogP contribution in [-0.4, -0.2) is 24.1 Å². The second-order valence-corrected chi connectivity index (χ2v) is 6.53. The third-order valence-electron chi connectivity index (χ3n) is 4.16. The van der Waals surface area contributed by atoms with E-state index >= 15 is 0 Å². The molecule has 0 aromatic carbocycles. The summed E-state index contributed by atoms with van der Waals surface area (Å²) in [7, 11) is 1.53. The fourth-order valence-electron chi connectivity index (χ4n) is 2.72. The normalized spacial score (nSPS) is 12.2. The molecule has 3 nitrogen and oxygen atoms in total. The second-order valence-electron chi connectivity index (χ2n) is 6.16. The molecule has 0 heterocycles. The lowest BCUT2D eigenvalue weighted by Crippen LogP contribution is -2.41. The quantitative estimate of drug-likeness (QED) is 0.380. The summed E-state index contributed by atoms with van der Waals surface area (Å²) in [6.07, 6.45) is 11.8. The molecule has 0 aliphatic rings. The van der Waals surface area contributed by atoms with Gasteiger partial charge < -0.3 is 10.1 Å². The van der Waals surface area contributed by atoms with E-state index in [1.54, 1.807) is 0 Å². The van der Waals surface area contributed by atoms with Crippen molar-refractivity contribution in [2.75, 3.05) is 7.11 Å². The molecule has 22 heavy (non-hydrogen) atoms. The molecule has 0 radical (unpaired) electrons. The zero-order chi connectivity index (χ0) is 16.8. The number of ether oxygens (including phenoxy) is 1. The summed E-state index contributed by atoms with van der Waals surface area (Å²) in [5.74, 6) is 0.447. The highest BCUT2D eigenvalue weighted by molar-refractivity contribution is 7.80. The lowest BCUT2D eigenvalue weighted by Gasteiger charge is -2.21. The van der Waals surface area contributed by atoms with Crippen LogP contribution in [0.3, 0.4) is 0 Å². The summed E-state index contributed by atoms with van der Waals surface area (Å²) < 4.78 is 4.95. The Balaban J connectivity index is 4.38. The highest BCUT2D eigenvalue weighted by Crippen LogP contribution is 2.20. The first-order valence-electron chi connectivity index (χ1n) is 8.94. The van der Waals surface area contributed by atoms with Crippen molar-refractivity contribution < 1.29 is 9.53 Å². The van der Waals surface area contributed by atoms with Gasteiger partial charge in [-0.05, 0) is 32.0 Å². The predicted octanol–water partition coefficient (Wildman–Crippen LogP) is 5.02. The number of nitrogens with one attached hydrogen (secondary N) is 1. The molecule has 0 aromatic heterocycles. The first kappa shape index (κ1) is 21.4. The summed E-state index contributed by atoms with van der Waals surface area (Å²) >= 11 is 5.00. The van der Waals surface area contributed by atoms with Crippen LogP contribution in [0.2, 0.25) is 0 Å². The Bertz CT molecular complexity index is 295. The highest BCUT2D eigenvalue weighted by Gasteiger charge is 2.23. The zero-order valence-corrected chi connectivity index (χ0v) is 15.8. The Kier molecular flexibility index (Phi) is 13.6. The van der Waals surface area contributed by atoms with Gasteiger partial charge >= 0.3 is 0 Å². The smallest absolute Gasteiger partial charge is 0.256 e. The Morgan fingerprint density at radius 3 is 1.91 bits per heavy atom. The van der Waals surface area contributed by atoms with Gasteiger partial charge in [-0.2, -0.15) is 0 Å². The molecule has 0 aliphatic carbocycles. The Hall–Kier alpha value is -0.640. The first-order chi connectivity index (χ1) is 10.6. The number of hydrogen-bond donors (Lipinski definition) is 1. The molecule has 1 unspecified atom stereocenters. The zero-order valence-electron chi connectivity index (χ0n) is 15.0. The molecule has 130 valence electrons. The van der Waals surface area contributed by atoms with E-state index in [4.69, 9.17) is 17.0 Å². The molecule has 0 saturated heterocycles. The van der Waals surface area contributed by atoms with E-state index in [9.17, 15) is 4.79 Å². The van der Waals surface area contributed by atoms with Crippen LogP contribution >= 0.6 is 12.2 Å². The Morgan fingerprint density at radius 2 is 1.50 bits per heavy atom. The van der Waals surface area contributed by atoms with E-state index in [-0.39, 0.29) is 17.7 Å².